The van der Waals surface area contributed by atoms with Crippen molar-refractivity contribution in [2.24, 2.45) is 5.73 Å². The summed E-state index contributed by atoms with van der Waals surface area (Å²) < 4.78 is 38.1. The molecule has 0 saturated heterocycles. The minimum Gasteiger partial charge on any atom is -0.329 e. The van der Waals surface area contributed by atoms with E-state index in [4.69, 9.17) is 17.3 Å². The molecule has 84 valence electrons. The summed E-state index contributed by atoms with van der Waals surface area (Å²) in [6, 6.07) is 3.09. The third kappa shape index (κ3) is 3.42. The van der Waals surface area contributed by atoms with Crippen LogP contribution in [0.15, 0.2) is 23.1 Å². The lowest BCUT2D eigenvalue weighted by molar-refractivity contribution is 0.578. The molecule has 0 heterocycles. The van der Waals surface area contributed by atoms with Gasteiger partial charge >= 0.3 is 0 Å². The molecule has 0 spiro atoms. The van der Waals surface area contributed by atoms with Crippen molar-refractivity contribution in [3.05, 3.63) is 29.0 Å². The summed E-state index contributed by atoms with van der Waals surface area (Å²) in [6.07, 6.45) is 0. The molecular formula is C8H10ClFN2O2S. The normalized spacial score (nSPS) is 11.7. The third-order valence-corrected chi connectivity index (χ3v) is 3.24. The minimum absolute atomic E-state index is 0.0307. The number of benzene rings is 1. The molecule has 7 heteroatoms. The first kappa shape index (κ1) is 12.4. The SMILES string of the molecule is NCCNS(=O)(=O)c1cc(F)cc(Cl)c1. The van der Waals surface area contributed by atoms with Gasteiger partial charge in [0.05, 0.1) is 4.90 Å². The summed E-state index contributed by atoms with van der Waals surface area (Å²) in [5.74, 6) is -0.698. The topological polar surface area (TPSA) is 72.2 Å². The highest BCUT2D eigenvalue weighted by Crippen LogP contribution is 2.17. The van der Waals surface area contributed by atoms with Crippen molar-refractivity contribution in [2.75, 3.05) is 13.1 Å². The smallest absolute Gasteiger partial charge is 0.240 e. The summed E-state index contributed by atoms with van der Waals surface area (Å²) >= 11 is 5.53. The fraction of sp³-hybridized carbons (Fsp3) is 0.250. The maximum atomic E-state index is 12.9. The maximum absolute atomic E-state index is 12.9. The second-order valence-corrected chi connectivity index (χ2v) is 4.99. The van der Waals surface area contributed by atoms with E-state index in [0.29, 0.717) is 0 Å². The van der Waals surface area contributed by atoms with Crippen LogP contribution in [0.1, 0.15) is 0 Å². The Kier molecular flexibility index (Phi) is 4.04. The zero-order valence-corrected chi connectivity index (χ0v) is 9.28. The van der Waals surface area contributed by atoms with Gasteiger partial charge in [0.25, 0.3) is 0 Å². The maximum Gasteiger partial charge on any atom is 0.240 e. The highest BCUT2D eigenvalue weighted by molar-refractivity contribution is 7.89. The van der Waals surface area contributed by atoms with E-state index in [2.05, 4.69) is 4.72 Å². The molecule has 0 radical (unpaired) electrons. The van der Waals surface area contributed by atoms with Gasteiger partial charge in [0.15, 0.2) is 0 Å². The van der Waals surface area contributed by atoms with Gasteiger partial charge in [-0.25, -0.2) is 17.5 Å². The number of nitrogens with one attached hydrogen (secondary N) is 1. The molecule has 0 amide bonds. The molecule has 1 aromatic rings. The Morgan fingerprint density at radius 1 is 1.40 bits per heavy atom. The molecule has 0 aliphatic carbocycles. The zero-order valence-electron chi connectivity index (χ0n) is 7.70. The van der Waals surface area contributed by atoms with E-state index in [1.165, 1.54) is 6.07 Å². The Bertz CT molecular complexity index is 430. The van der Waals surface area contributed by atoms with Crippen LogP contribution < -0.4 is 10.5 Å². The van der Waals surface area contributed by atoms with Crippen LogP contribution in [0.5, 0.6) is 0 Å². The summed E-state index contributed by atoms with van der Waals surface area (Å²) in [4.78, 5) is -0.207. The number of sulfonamides is 1. The molecule has 0 saturated carbocycles. The van der Waals surface area contributed by atoms with Gasteiger partial charge < -0.3 is 5.73 Å². The third-order valence-electron chi connectivity index (χ3n) is 1.58. The van der Waals surface area contributed by atoms with Gasteiger partial charge in [-0.15, -0.1) is 0 Å². The number of hydrogen-bond acceptors (Lipinski definition) is 3. The molecule has 1 aromatic carbocycles. The second-order valence-electron chi connectivity index (χ2n) is 2.79. The number of nitrogens with two attached hydrogens (primary N) is 1. The summed E-state index contributed by atoms with van der Waals surface area (Å²) in [7, 11) is -3.72. The molecule has 1 rings (SSSR count). The average molecular weight is 253 g/mol. The Morgan fingerprint density at radius 2 is 2.07 bits per heavy atom. The van der Waals surface area contributed by atoms with Gasteiger partial charge in [-0.05, 0) is 18.2 Å². The molecule has 3 N–H and O–H groups in total. The van der Waals surface area contributed by atoms with E-state index in [9.17, 15) is 12.8 Å². The van der Waals surface area contributed by atoms with Crippen LogP contribution in [0.2, 0.25) is 5.02 Å². The van der Waals surface area contributed by atoms with Gasteiger partial charge in [-0.3, -0.25) is 0 Å². The lowest BCUT2D eigenvalue weighted by Crippen LogP contribution is -2.29. The highest BCUT2D eigenvalue weighted by atomic mass is 35.5. The fourth-order valence-electron chi connectivity index (χ4n) is 0.960. The zero-order chi connectivity index (χ0) is 11.5. The van der Waals surface area contributed by atoms with E-state index >= 15 is 0 Å². The standard InChI is InChI=1S/C8H10ClFN2O2S/c9-6-3-7(10)5-8(4-6)15(13,14)12-2-1-11/h3-5,12H,1-2,11H2. The van der Waals surface area contributed by atoms with Crippen molar-refractivity contribution in [1.29, 1.82) is 0 Å². The second kappa shape index (κ2) is 4.89. The van der Waals surface area contributed by atoms with Crippen molar-refractivity contribution in [2.45, 2.75) is 4.90 Å². The molecular weight excluding hydrogens is 243 g/mol. The molecule has 4 nitrogen and oxygen atoms in total. The summed E-state index contributed by atoms with van der Waals surface area (Å²) in [6.45, 7) is 0.263. The van der Waals surface area contributed by atoms with E-state index in [-0.39, 0.29) is 23.0 Å². The van der Waals surface area contributed by atoms with Crippen molar-refractivity contribution >= 4 is 21.6 Å². The lowest BCUT2D eigenvalue weighted by atomic mass is 10.3. The van der Waals surface area contributed by atoms with Crippen LogP contribution >= 0.6 is 11.6 Å². The first-order chi connectivity index (χ1) is 6.95. The largest absolute Gasteiger partial charge is 0.329 e. The fourth-order valence-corrected chi connectivity index (χ4v) is 2.35. The molecule has 0 aliphatic rings. The molecule has 15 heavy (non-hydrogen) atoms. The minimum atomic E-state index is -3.72. The number of hydrogen-bond donors (Lipinski definition) is 2. The van der Waals surface area contributed by atoms with Gasteiger partial charge in [-0.2, -0.15) is 0 Å². The monoisotopic (exact) mass is 252 g/mol. The first-order valence-electron chi connectivity index (χ1n) is 4.11. The van der Waals surface area contributed by atoms with Crippen molar-refractivity contribution < 1.29 is 12.8 Å². The quantitative estimate of drug-likeness (QED) is 0.829. The molecule has 0 unspecified atom stereocenters. The lowest BCUT2D eigenvalue weighted by Gasteiger charge is -2.05. The summed E-state index contributed by atoms with van der Waals surface area (Å²) in [5.41, 5.74) is 5.15. The number of rotatable bonds is 4. The number of halogens is 2. The average Bonchev–Trinajstić information content (AvgIpc) is 2.13. The predicted octanol–water partition coefficient (Wildman–Crippen LogP) is 0.716. The molecule has 0 bridgehead atoms. The molecule has 0 aliphatic heterocycles. The predicted molar refractivity (Wildman–Crippen MR) is 55.7 cm³/mol. The highest BCUT2D eigenvalue weighted by Gasteiger charge is 2.14. The Morgan fingerprint density at radius 3 is 2.60 bits per heavy atom. The van der Waals surface area contributed by atoms with Crippen LogP contribution in [0.3, 0.4) is 0 Å². The van der Waals surface area contributed by atoms with Gasteiger partial charge in [0.1, 0.15) is 5.82 Å². The van der Waals surface area contributed by atoms with Crippen LogP contribution in [-0.4, -0.2) is 21.5 Å². The molecule has 0 aromatic heterocycles. The summed E-state index contributed by atoms with van der Waals surface area (Å²) in [5, 5.41) is 0.0307. The van der Waals surface area contributed by atoms with Crippen LogP contribution in [-0.2, 0) is 10.0 Å². The Labute approximate surface area is 92.3 Å². The van der Waals surface area contributed by atoms with Crippen molar-refractivity contribution in [3.8, 4) is 0 Å². The van der Waals surface area contributed by atoms with Crippen LogP contribution in [0, 0.1) is 5.82 Å². The van der Waals surface area contributed by atoms with Gasteiger partial charge in [-0.1, -0.05) is 11.6 Å². The van der Waals surface area contributed by atoms with E-state index in [1.54, 1.807) is 0 Å². The van der Waals surface area contributed by atoms with E-state index in [0.717, 1.165) is 12.1 Å². The van der Waals surface area contributed by atoms with Gasteiger partial charge in [0, 0.05) is 18.1 Å². The van der Waals surface area contributed by atoms with E-state index in [1.807, 2.05) is 0 Å². The van der Waals surface area contributed by atoms with Crippen LogP contribution in [0.4, 0.5) is 4.39 Å². The molecule has 0 fully saturated rings. The molecule has 0 atom stereocenters. The Hall–Kier alpha value is -0.690. The van der Waals surface area contributed by atoms with E-state index < -0.39 is 15.8 Å². The Balaban J connectivity index is 3.04. The van der Waals surface area contributed by atoms with Crippen molar-refractivity contribution in [3.63, 3.8) is 0 Å². The van der Waals surface area contributed by atoms with Gasteiger partial charge in [0.2, 0.25) is 10.0 Å². The first-order valence-corrected chi connectivity index (χ1v) is 5.97. The van der Waals surface area contributed by atoms with Crippen molar-refractivity contribution in [1.82, 2.24) is 4.72 Å². The van der Waals surface area contributed by atoms with Crippen LogP contribution in [0.25, 0.3) is 0 Å².